The maximum absolute atomic E-state index is 10.7. The molecule has 3 rings (SSSR count). The Labute approximate surface area is 159 Å². The summed E-state index contributed by atoms with van der Waals surface area (Å²) in [5.74, 6) is -1.66. The van der Waals surface area contributed by atoms with E-state index >= 15 is 0 Å². The van der Waals surface area contributed by atoms with Gasteiger partial charge in [-0.3, -0.25) is 0 Å². The smallest absolute Gasteiger partial charge is 0.329 e. The average molecular weight is 374 g/mol. The minimum Gasteiger partial charge on any atom is -0.480 e. The summed E-state index contributed by atoms with van der Waals surface area (Å²) in [6.07, 6.45) is 0. The van der Waals surface area contributed by atoms with Crippen molar-refractivity contribution in [2.24, 2.45) is 5.41 Å². The lowest BCUT2D eigenvalue weighted by atomic mass is 9.91. The average Bonchev–Trinajstić information content (AvgIpc) is 2.64. The fourth-order valence-corrected chi connectivity index (χ4v) is 3.01. The molecule has 0 amide bonds. The van der Waals surface area contributed by atoms with Gasteiger partial charge in [0.05, 0.1) is 38.4 Å². The third-order valence-electron chi connectivity index (χ3n) is 4.58. The summed E-state index contributed by atoms with van der Waals surface area (Å²) in [7, 11) is 0. The second kappa shape index (κ2) is 8.35. The topological polar surface area (TPSA) is 74.2 Å². The van der Waals surface area contributed by atoms with E-state index in [1.807, 2.05) is 32.0 Å². The molecule has 0 unspecified atom stereocenters. The molecule has 0 saturated carbocycles. The van der Waals surface area contributed by atoms with E-state index in [0.717, 1.165) is 5.56 Å². The number of rotatable bonds is 8. The molecule has 2 aromatic carbocycles. The van der Waals surface area contributed by atoms with E-state index in [1.165, 1.54) is 10.8 Å². The van der Waals surface area contributed by atoms with E-state index in [1.54, 1.807) is 0 Å². The number of hydrogen-bond donors (Lipinski definition) is 1. The van der Waals surface area contributed by atoms with Crippen LogP contribution >= 0.6 is 0 Å². The second-order valence-electron chi connectivity index (χ2n) is 7.54. The quantitative estimate of drug-likeness (QED) is 0.765. The largest absolute Gasteiger partial charge is 0.480 e. The van der Waals surface area contributed by atoms with Crippen molar-refractivity contribution >= 4 is 16.7 Å². The molecule has 27 heavy (non-hydrogen) atoms. The van der Waals surface area contributed by atoms with Gasteiger partial charge in [0, 0.05) is 0 Å². The molecule has 2 aromatic rings. The van der Waals surface area contributed by atoms with E-state index in [-0.39, 0.29) is 13.2 Å². The van der Waals surface area contributed by atoms with Crippen molar-refractivity contribution < 1.29 is 28.8 Å². The van der Waals surface area contributed by atoms with Crippen molar-refractivity contribution in [1.29, 1.82) is 0 Å². The number of benzene rings is 2. The van der Waals surface area contributed by atoms with Gasteiger partial charge in [-0.2, -0.15) is 0 Å². The molecule has 1 heterocycles. The highest BCUT2D eigenvalue weighted by Gasteiger charge is 2.41. The molecule has 0 radical (unpaired) electrons. The predicted molar refractivity (Wildman–Crippen MR) is 100 cm³/mol. The van der Waals surface area contributed by atoms with Crippen LogP contribution in [0.15, 0.2) is 42.5 Å². The lowest BCUT2D eigenvalue weighted by Crippen LogP contribution is -2.51. The SMILES string of the molecule is CC1(C)OCC(COCC(=O)O)(COCc2ccc3ccccc3c2)CO1. The van der Waals surface area contributed by atoms with Crippen LogP contribution in [0, 0.1) is 5.41 Å². The summed E-state index contributed by atoms with van der Waals surface area (Å²) >= 11 is 0. The fraction of sp³-hybridized carbons (Fsp3) is 0.476. The molecule has 0 spiro atoms. The lowest BCUT2D eigenvalue weighted by Gasteiger charge is -2.42. The van der Waals surface area contributed by atoms with E-state index in [2.05, 4.69) is 24.3 Å². The van der Waals surface area contributed by atoms with Crippen molar-refractivity contribution in [3.63, 3.8) is 0 Å². The van der Waals surface area contributed by atoms with Crippen LogP contribution in [0.25, 0.3) is 10.8 Å². The number of fused-ring (bicyclic) bond motifs is 1. The minimum atomic E-state index is -1.000. The molecular formula is C21H26O6. The Morgan fingerprint density at radius 3 is 2.41 bits per heavy atom. The standard InChI is InChI=1S/C21H26O6/c1-20(2)26-14-21(15-27-20,13-25-11-19(22)23)12-24-10-16-7-8-17-5-3-4-6-18(17)9-16/h3-9H,10-15H2,1-2H3,(H,22,23). The normalized spacial score (nSPS) is 18.4. The summed E-state index contributed by atoms with van der Waals surface area (Å²) < 4.78 is 22.8. The number of aliphatic carboxylic acids is 1. The van der Waals surface area contributed by atoms with Crippen LogP contribution in [0.1, 0.15) is 19.4 Å². The Morgan fingerprint density at radius 1 is 1.04 bits per heavy atom. The zero-order valence-corrected chi connectivity index (χ0v) is 15.8. The molecule has 1 aliphatic heterocycles. The fourth-order valence-electron chi connectivity index (χ4n) is 3.01. The van der Waals surface area contributed by atoms with Crippen molar-refractivity contribution in [1.82, 2.24) is 0 Å². The van der Waals surface area contributed by atoms with Gasteiger partial charge in [-0.05, 0) is 36.2 Å². The van der Waals surface area contributed by atoms with Gasteiger partial charge in [-0.25, -0.2) is 4.79 Å². The van der Waals surface area contributed by atoms with Crippen LogP contribution in [0.2, 0.25) is 0 Å². The molecule has 6 heteroatoms. The van der Waals surface area contributed by atoms with Crippen LogP contribution in [-0.2, 0) is 30.3 Å². The Bertz CT molecular complexity index is 775. The molecule has 146 valence electrons. The van der Waals surface area contributed by atoms with Gasteiger partial charge in [0.1, 0.15) is 6.61 Å². The van der Waals surface area contributed by atoms with Crippen LogP contribution in [0.3, 0.4) is 0 Å². The molecule has 1 fully saturated rings. The van der Waals surface area contributed by atoms with Gasteiger partial charge in [0.25, 0.3) is 0 Å². The van der Waals surface area contributed by atoms with Gasteiger partial charge in [-0.1, -0.05) is 36.4 Å². The molecule has 0 atom stereocenters. The molecule has 1 saturated heterocycles. The third-order valence-corrected chi connectivity index (χ3v) is 4.58. The Morgan fingerprint density at radius 2 is 1.70 bits per heavy atom. The molecule has 0 bridgehead atoms. The summed E-state index contributed by atoms with van der Waals surface area (Å²) in [4.78, 5) is 10.7. The summed E-state index contributed by atoms with van der Waals surface area (Å²) in [5, 5.41) is 11.2. The third kappa shape index (κ3) is 5.49. The summed E-state index contributed by atoms with van der Waals surface area (Å²) in [6, 6.07) is 14.4. The van der Waals surface area contributed by atoms with E-state index in [9.17, 15) is 4.79 Å². The molecule has 1 N–H and O–H groups in total. The molecule has 1 aliphatic rings. The first kappa shape index (κ1) is 19.8. The van der Waals surface area contributed by atoms with Crippen molar-refractivity contribution in [2.45, 2.75) is 26.2 Å². The molecule has 6 nitrogen and oxygen atoms in total. The van der Waals surface area contributed by atoms with E-state index in [0.29, 0.717) is 26.4 Å². The van der Waals surface area contributed by atoms with Crippen molar-refractivity contribution in [3.05, 3.63) is 48.0 Å². The highest BCUT2D eigenvalue weighted by Crippen LogP contribution is 2.31. The first-order valence-corrected chi connectivity index (χ1v) is 9.00. The zero-order chi connectivity index (χ0) is 19.3. The number of ether oxygens (including phenoxy) is 4. The van der Waals surface area contributed by atoms with Gasteiger partial charge < -0.3 is 24.1 Å². The molecular weight excluding hydrogens is 348 g/mol. The van der Waals surface area contributed by atoms with Gasteiger partial charge in [-0.15, -0.1) is 0 Å². The number of carboxylic acids is 1. The lowest BCUT2D eigenvalue weighted by molar-refractivity contribution is -0.299. The Balaban J connectivity index is 1.60. The predicted octanol–water partition coefficient (Wildman–Crippen LogP) is 3.23. The van der Waals surface area contributed by atoms with Gasteiger partial charge in [0.2, 0.25) is 0 Å². The van der Waals surface area contributed by atoms with E-state index in [4.69, 9.17) is 24.1 Å². The number of hydrogen-bond acceptors (Lipinski definition) is 5. The Hall–Kier alpha value is -1.99. The van der Waals surface area contributed by atoms with Crippen molar-refractivity contribution in [3.8, 4) is 0 Å². The number of carbonyl (C=O) groups is 1. The maximum atomic E-state index is 10.7. The first-order chi connectivity index (χ1) is 12.9. The van der Waals surface area contributed by atoms with Crippen LogP contribution < -0.4 is 0 Å². The van der Waals surface area contributed by atoms with Gasteiger partial charge in [0.15, 0.2) is 5.79 Å². The summed E-state index contributed by atoms with van der Waals surface area (Å²) in [6.45, 7) is 5.14. The van der Waals surface area contributed by atoms with Crippen LogP contribution in [0.5, 0.6) is 0 Å². The highest BCUT2D eigenvalue weighted by atomic mass is 16.7. The second-order valence-corrected chi connectivity index (χ2v) is 7.54. The highest BCUT2D eigenvalue weighted by molar-refractivity contribution is 5.82. The van der Waals surface area contributed by atoms with Crippen LogP contribution in [0.4, 0.5) is 0 Å². The Kier molecular flexibility index (Phi) is 6.11. The maximum Gasteiger partial charge on any atom is 0.329 e. The zero-order valence-electron chi connectivity index (χ0n) is 15.8. The first-order valence-electron chi connectivity index (χ1n) is 9.00. The number of carboxylic acid groups (broad SMARTS) is 1. The van der Waals surface area contributed by atoms with E-state index < -0.39 is 17.2 Å². The minimum absolute atomic E-state index is 0.201. The summed E-state index contributed by atoms with van der Waals surface area (Å²) in [5.41, 5.74) is 0.551. The van der Waals surface area contributed by atoms with Crippen LogP contribution in [-0.4, -0.2) is 49.9 Å². The monoisotopic (exact) mass is 374 g/mol. The molecule has 0 aromatic heterocycles. The molecule has 0 aliphatic carbocycles. The van der Waals surface area contributed by atoms with Gasteiger partial charge >= 0.3 is 5.97 Å². The van der Waals surface area contributed by atoms with Crippen molar-refractivity contribution in [2.75, 3.05) is 33.0 Å².